The first-order valence-electron chi connectivity index (χ1n) is 14.6. The van der Waals surface area contributed by atoms with Gasteiger partial charge in [-0.1, -0.05) is 37.8 Å². The van der Waals surface area contributed by atoms with Crippen LogP contribution in [0.3, 0.4) is 0 Å². The molecule has 1 aromatic rings. The summed E-state index contributed by atoms with van der Waals surface area (Å²) < 4.78 is 10.5. The molecule has 0 unspecified atom stereocenters. The van der Waals surface area contributed by atoms with Crippen molar-refractivity contribution in [3.8, 4) is 5.75 Å². The molecule has 4 atom stereocenters. The lowest BCUT2D eigenvalue weighted by Crippen LogP contribution is -2.56. The van der Waals surface area contributed by atoms with Gasteiger partial charge in [0.2, 0.25) is 17.7 Å². The van der Waals surface area contributed by atoms with Crippen molar-refractivity contribution in [2.45, 2.75) is 101 Å². The van der Waals surface area contributed by atoms with Crippen LogP contribution < -0.4 is 20.7 Å². The molecule has 0 spiro atoms. The van der Waals surface area contributed by atoms with E-state index >= 15 is 0 Å². The number of benzene rings is 1. The number of hydrogen-bond donors (Lipinski definition) is 4. The quantitative estimate of drug-likeness (QED) is 0.271. The maximum absolute atomic E-state index is 13.6. The monoisotopic (exact) mass is 557 g/mol. The fraction of sp³-hybridized carbons (Fsp3) is 0.667. The Morgan fingerprint density at radius 1 is 0.925 bits per heavy atom. The topological polar surface area (TPSA) is 146 Å². The summed E-state index contributed by atoms with van der Waals surface area (Å²) in [5.41, 5.74) is 0.808. The van der Waals surface area contributed by atoms with Gasteiger partial charge in [0.25, 0.3) is 0 Å². The highest BCUT2D eigenvalue weighted by Crippen LogP contribution is 2.30. The molecule has 220 valence electrons. The standard InChI is InChI=1S/C30H43N3O7/c1-18(31-29(37)21-9-11-22(34)12-10-21)28(36)33-25(16-20-7-13-23(39-2)14-8-20)30(38)32-24(27(35)26-17-40-26)15-19-5-3-4-6-19/h7-8,13-14,18-19,21-22,24-26,34H,3-6,9-12,15-17H2,1-2H3,(H,31,37)(H,32,38)(H,33,36)/t18-,21?,22?,24+,25+,26-/m1/s1. The maximum Gasteiger partial charge on any atom is 0.243 e. The molecule has 0 radical (unpaired) electrons. The molecule has 4 rings (SSSR count). The first-order chi connectivity index (χ1) is 19.2. The molecule has 2 saturated carbocycles. The van der Waals surface area contributed by atoms with E-state index in [0.717, 1.165) is 31.2 Å². The van der Waals surface area contributed by atoms with Gasteiger partial charge in [-0.25, -0.2) is 0 Å². The van der Waals surface area contributed by atoms with E-state index in [-0.39, 0.29) is 30.1 Å². The number of epoxide rings is 1. The van der Waals surface area contributed by atoms with Crippen molar-refractivity contribution >= 4 is 23.5 Å². The number of hydrogen-bond acceptors (Lipinski definition) is 7. The minimum atomic E-state index is -0.955. The Kier molecular flexibility index (Phi) is 10.6. The van der Waals surface area contributed by atoms with Gasteiger partial charge < -0.3 is 30.5 Å². The summed E-state index contributed by atoms with van der Waals surface area (Å²) in [6, 6.07) is 4.74. The predicted molar refractivity (Wildman–Crippen MR) is 147 cm³/mol. The van der Waals surface area contributed by atoms with Crippen molar-refractivity contribution in [2.24, 2.45) is 11.8 Å². The van der Waals surface area contributed by atoms with Gasteiger partial charge in [-0.3, -0.25) is 19.2 Å². The molecule has 3 amide bonds. The second-order valence-electron chi connectivity index (χ2n) is 11.5. The predicted octanol–water partition coefficient (Wildman–Crippen LogP) is 1.81. The van der Waals surface area contributed by atoms with Gasteiger partial charge in [-0.2, -0.15) is 0 Å². The second kappa shape index (κ2) is 14.1. The number of Topliss-reactive ketones (excluding diaryl/α,β-unsaturated/α-hetero) is 1. The fourth-order valence-corrected chi connectivity index (χ4v) is 5.77. The number of rotatable bonds is 13. The molecule has 10 heteroatoms. The van der Waals surface area contributed by atoms with Gasteiger partial charge in [0.15, 0.2) is 5.78 Å². The third-order valence-corrected chi connectivity index (χ3v) is 8.41. The van der Waals surface area contributed by atoms with Crippen LogP contribution in [0.15, 0.2) is 24.3 Å². The van der Waals surface area contributed by atoms with Crippen LogP contribution in [0.4, 0.5) is 0 Å². The fourth-order valence-electron chi connectivity index (χ4n) is 5.77. The molecule has 1 aromatic carbocycles. The molecule has 0 aromatic heterocycles. The molecule has 2 aliphatic carbocycles. The lowest BCUT2D eigenvalue weighted by atomic mass is 9.87. The van der Waals surface area contributed by atoms with E-state index in [0.29, 0.717) is 50.4 Å². The van der Waals surface area contributed by atoms with Gasteiger partial charge in [0, 0.05) is 12.3 Å². The van der Waals surface area contributed by atoms with Crippen LogP contribution in [-0.4, -0.2) is 72.7 Å². The van der Waals surface area contributed by atoms with E-state index in [4.69, 9.17) is 9.47 Å². The molecule has 4 N–H and O–H groups in total. The van der Waals surface area contributed by atoms with Crippen molar-refractivity contribution < 1.29 is 33.8 Å². The van der Waals surface area contributed by atoms with Crippen molar-refractivity contribution in [2.75, 3.05) is 13.7 Å². The first kappa shape index (κ1) is 30.0. The summed E-state index contributed by atoms with van der Waals surface area (Å²) >= 11 is 0. The van der Waals surface area contributed by atoms with E-state index in [2.05, 4.69) is 16.0 Å². The van der Waals surface area contributed by atoms with Crippen molar-refractivity contribution in [3.05, 3.63) is 29.8 Å². The number of carbonyl (C=O) groups excluding carboxylic acids is 4. The van der Waals surface area contributed by atoms with Crippen LogP contribution in [0.1, 0.15) is 70.3 Å². The summed E-state index contributed by atoms with van der Waals surface area (Å²) in [6.45, 7) is 1.96. The number of aliphatic hydroxyl groups excluding tert-OH is 1. The lowest BCUT2D eigenvalue weighted by molar-refractivity contribution is -0.134. The summed E-state index contributed by atoms with van der Waals surface area (Å²) in [7, 11) is 1.57. The Morgan fingerprint density at radius 3 is 2.15 bits per heavy atom. The summed E-state index contributed by atoms with van der Waals surface area (Å²) in [6.07, 6.45) is 6.52. The van der Waals surface area contributed by atoms with Gasteiger partial charge in [0.05, 0.1) is 25.9 Å². The highest BCUT2D eigenvalue weighted by Gasteiger charge is 2.39. The second-order valence-corrected chi connectivity index (χ2v) is 11.5. The smallest absolute Gasteiger partial charge is 0.243 e. The van der Waals surface area contributed by atoms with E-state index in [9.17, 15) is 24.3 Å². The minimum absolute atomic E-state index is 0.118. The van der Waals surface area contributed by atoms with Crippen LogP contribution in [0.25, 0.3) is 0 Å². The zero-order chi connectivity index (χ0) is 28.6. The highest BCUT2D eigenvalue weighted by atomic mass is 16.6. The first-order valence-corrected chi connectivity index (χ1v) is 14.6. The molecule has 3 aliphatic rings. The number of aliphatic hydroxyl groups is 1. The van der Waals surface area contributed by atoms with Gasteiger partial charge in [-0.05, 0) is 62.6 Å². The molecule has 10 nitrogen and oxygen atoms in total. The Bertz CT molecular complexity index is 1030. The summed E-state index contributed by atoms with van der Waals surface area (Å²) in [5.74, 6) is -0.469. The molecule has 1 heterocycles. The number of nitrogens with one attached hydrogen (secondary N) is 3. The largest absolute Gasteiger partial charge is 0.497 e. The number of amides is 3. The molecule has 40 heavy (non-hydrogen) atoms. The summed E-state index contributed by atoms with van der Waals surface area (Å²) in [4.78, 5) is 52.5. The SMILES string of the molecule is COc1ccc(C[C@H](NC(=O)[C@@H](C)NC(=O)C2CCC(O)CC2)C(=O)N[C@@H](CC2CCCC2)C(=O)[C@H]2CO2)cc1. The zero-order valence-electron chi connectivity index (χ0n) is 23.5. The average Bonchev–Trinajstić information content (AvgIpc) is 3.68. The van der Waals surface area contributed by atoms with Crippen LogP contribution in [0.5, 0.6) is 5.75 Å². The molecular weight excluding hydrogens is 514 g/mol. The van der Waals surface area contributed by atoms with Crippen LogP contribution in [0.2, 0.25) is 0 Å². The Balaban J connectivity index is 1.43. The number of carbonyl (C=O) groups is 4. The molecule has 1 saturated heterocycles. The van der Waals surface area contributed by atoms with Crippen molar-refractivity contribution in [3.63, 3.8) is 0 Å². The number of methoxy groups -OCH3 is 1. The third-order valence-electron chi connectivity index (χ3n) is 8.41. The van der Waals surface area contributed by atoms with Crippen LogP contribution >= 0.6 is 0 Å². The molecule has 3 fully saturated rings. The molecule has 0 bridgehead atoms. The zero-order valence-corrected chi connectivity index (χ0v) is 23.5. The van der Waals surface area contributed by atoms with Gasteiger partial charge in [-0.15, -0.1) is 0 Å². The van der Waals surface area contributed by atoms with Crippen LogP contribution in [0, 0.1) is 11.8 Å². The maximum atomic E-state index is 13.6. The lowest BCUT2D eigenvalue weighted by Gasteiger charge is -2.27. The van der Waals surface area contributed by atoms with Gasteiger partial charge >= 0.3 is 0 Å². The Hall–Kier alpha value is -2.98. The van der Waals surface area contributed by atoms with E-state index in [1.54, 1.807) is 26.2 Å². The van der Waals surface area contributed by atoms with Crippen LogP contribution in [-0.2, 0) is 30.3 Å². The molecule has 1 aliphatic heterocycles. The van der Waals surface area contributed by atoms with E-state index in [1.807, 2.05) is 12.1 Å². The minimum Gasteiger partial charge on any atom is -0.497 e. The number of ketones is 1. The molecular formula is C30H43N3O7. The third kappa shape index (κ3) is 8.51. The average molecular weight is 558 g/mol. The summed E-state index contributed by atoms with van der Waals surface area (Å²) in [5, 5.41) is 18.2. The van der Waals surface area contributed by atoms with Crippen molar-refractivity contribution in [1.29, 1.82) is 0 Å². The van der Waals surface area contributed by atoms with Gasteiger partial charge in [0.1, 0.15) is 23.9 Å². The Morgan fingerprint density at radius 2 is 1.55 bits per heavy atom. The number of ether oxygens (including phenoxy) is 2. The highest BCUT2D eigenvalue weighted by molar-refractivity contribution is 5.96. The normalized spacial score (nSPS) is 24.8. The van der Waals surface area contributed by atoms with E-state index < -0.39 is 36.0 Å². The van der Waals surface area contributed by atoms with E-state index in [1.165, 1.54) is 0 Å². The van der Waals surface area contributed by atoms with Crippen molar-refractivity contribution in [1.82, 2.24) is 16.0 Å². The Labute approximate surface area is 235 Å².